The van der Waals surface area contributed by atoms with E-state index in [0.717, 1.165) is 18.4 Å². The predicted molar refractivity (Wildman–Crippen MR) is 105 cm³/mol. The van der Waals surface area contributed by atoms with Gasteiger partial charge in [-0.15, -0.1) is 0 Å². The standard InChI is InChI=1S/C19H22ClN5O2/c1-4-5-6-16-12(2)21-18-22-19(23-25(18)17(16)27)24(13(3)26)11-14-7-9-15(20)10-8-14/h7-10H,4-6,11H2,1-3H3,(H,21,22,23). The van der Waals surface area contributed by atoms with E-state index in [2.05, 4.69) is 22.0 Å². The van der Waals surface area contributed by atoms with Gasteiger partial charge in [0, 0.05) is 17.5 Å². The van der Waals surface area contributed by atoms with Gasteiger partial charge >= 0.3 is 0 Å². The normalized spacial score (nSPS) is 11.1. The lowest BCUT2D eigenvalue weighted by molar-refractivity contribution is -0.116. The van der Waals surface area contributed by atoms with Gasteiger partial charge in [-0.3, -0.25) is 19.6 Å². The van der Waals surface area contributed by atoms with E-state index in [0.29, 0.717) is 29.2 Å². The molecular weight excluding hydrogens is 366 g/mol. The van der Waals surface area contributed by atoms with Crippen molar-refractivity contribution in [3.8, 4) is 0 Å². The van der Waals surface area contributed by atoms with Crippen LogP contribution in [0.5, 0.6) is 0 Å². The van der Waals surface area contributed by atoms with Crippen LogP contribution in [0.2, 0.25) is 5.02 Å². The molecular formula is C19H22ClN5O2. The summed E-state index contributed by atoms with van der Waals surface area (Å²) >= 11 is 5.92. The maximum Gasteiger partial charge on any atom is 0.277 e. The van der Waals surface area contributed by atoms with Crippen molar-refractivity contribution in [3.63, 3.8) is 0 Å². The predicted octanol–water partition coefficient (Wildman–Crippen LogP) is 3.28. The molecule has 3 rings (SSSR count). The van der Waals surface area contributed by atoms with Crippen LogP contribution in [0.4, 0.5) is 5.95 Å². The Morgan fingerprint density at radius 1 is 1.26 bits per heavy atom. The lowest BCUT2D eigenvalue weighted by atomic mass is 10.1. The van der Waals surface area contributed by atoms with Crippen molar-refractivity contribution < 1.29 is 4.79 Å². The average Bonchev–Trinajstić information content (AvgIpc) is 3.04. The van der Waals surface area contributed by atoms with Crippen LogP contribution in [0.3, 0.4) is 0 Å². The maximum absolute atomic E-state index is 12.8. The molecule has 1 aromatic carbocycles. The van der Waals surface area contributed by atoms with E-state index >= 15 is 0 Å². The van der Waals surface area contributed by atoms with Crippen molar-refractivity contribution in [2.24, 2.45) is 0 Å². The first kappa shape index (κ1) is 19.1. The molecule has 0 saturated heterocycles. The van der Waals surface area contributed by atoms with Crippen molar-refractivity contribution in [3.05, 3.63) is 56.5 Å². The Morgan fingerprint density at radius 2 is 1.96 bits per heavy atom. The van der Waals surface area contributed by atoms with Gasteiger partial charge in [0.2, 0.25) is 11.9 Å². The smallest absolute Gasteiger partial charge is 0.277 e. The highest BCUT2D eigenvalue weighted by molar-refractivity contribution is 6.30. The van der Waals surface area contributed by atoms with E-state index in [1.54, 1.807) is 12.1 Å². The number of fused-ring (bicyclic) bond motifs is 1. The SMILES string of the molecule is CCCCc1c(C)nc2nc(N(Cc3ccc(Cl)cc3)C(C)=O)[nH]n2c1=O. The molecule has 0 aliphatic carbocycles. The van der Waals surface area contributed by atoms with E-state index < -0.39 is 0 Å². The maximum atomic E-state index is 12.8. The van der Waals surface area contributed by atoms with Gasteiger partial charge in [-0.1, -0.05) is 37.1 Å². The number of hydrogen-bond donors (Lipinski definition) is 1. The van der Waals surface area contributed by atoms with Crippen molar-refractivity contribution in [2.45, 2.75) is 46.6 Å². The number of halogens is 1. The zero-order valence-corrected chi connectivity index (χ0v) is 16.4. The van der Waals surface area contributed by atoms with Gasteiger partial charge < -0.3 is 0 Å². The first-order valence-corrected chi connectivity index (χ1v) is 9.29. The van der Waals surface area contributed by atoms with Crippen LogP contribution in [0.25, 0.3) is 5.78 Å². The van der Waals surface area contributed by atoms with Crippen molar-refractivity contribution in [1.29, 1.82) is 0 Å². The molecule has 0 radical (unpaired) electrons. The van der Waals surface area contributed by atoms with Gasteiger partial charge in [0.05, 0.1) is 12.2 Å². The van der Waals surface area contributed by atoms with Crippen molar-refractivity contribution in [2.75, 3.05) is 4.90 Å². The number of amides is 1. The molecule has 0 fully saturated rings. The number of unbranched alkanes of at least 4 members (excludes halogenated alkanes) is 1. The summed E-state index contributed by atoms with van der Waals surface area (Å²) in [6.45, 7) is 5.66. The highest BCUT2D eigenvalue weighted by atomic mass is 35.5. The summed E-state index contributed by atoms with van der Waals surface area (Å²) in [6.07, 6.45) is 2.59. The van der Waals surface area contributed by atoms with E-state index in [1.807, 2.05) is 19.1 Å². The van der Waals surface area contributed by atoms with E-state index in [-0.39, 0.29) is 23.2 Å². The molecule has 3 aromatic rings. The molecule has 0 spiro atoms. The lowest BCUT2D eigenvalue weighted by Gasteiger charge is -2.17. The van der Waals surface area contributed by atoms with Crippen LogP contribution in [0.15, 0.2) is 29.1 Å². The zero-order valence-electron chi connectivity index (χ0n) is 15.6. The molecule has 0 saturated carbocycles. The van der Waals surface area contributed by atoms with E-state index in [1.165, 1.54) is 16.3 Å². The van der Waals surface area contributed by atoms with Crippen LogP contribution in [-0.4, -0.2) is 25.5 Å². The topological polar surface area (TPSA) is 83.4 Å². The highest BCUT2D eigenvalue weighted by Gasteiger charge is 2.19. The lowest BCUT2D eigenvalue weighted by Crippen LogP contribution is -2.29. The fourth-order valence-electron chi connectivity index (χ4n) is 2.91. The number of anilines is 1. The molecule has 0 aliphatic heterocycles. The Balaban J connectivity index is 2.00. The number of nitrogens with zero attached hydrogens (tertiary/aromatic N) is 4. The second-order valence-corrected chi connectivity index (χ2v) is 6.94. The summed E-state index contributed by atoms with van der Waals surface area (Å²) in [5.74, 6) is 0.351. The molecule has 7 nitrogen and oxygen atoms in total. The second-order valence-electron chi connectivity index (χ2n) is 6.50. The Hall–Kier alpha value is -2.67. The number of aryl methyl sites for hydroxylation is 1. The molecule has 0 bridgehead atoms. The summed E-state index contributed by atoms with van der Waals surface area (Å²) in [7, 11) is 0. The molecule has 0 aliphatic rings. The molecule has 142 valence electrons. The Labute approximate surface area is 162 Å². The summed E-state index contributed by atoms with van der Waals surface area (Å²) in [5.41, 5.74) is 2.09. The third-order valence-corrected chi connectivity index (χ3v) is 4.71. The minimum atomic E-state index is -0.194. The molecule has 2 heterocycles. The zero-order chi connectivity index (χ0) is 19.6. The molecule has 27 heavy (non-hydrogen) atoms. The Bertz CT molecular complexity index is 1020. The number of benzene rings is 1. The van der Waals surface area contributed by atoms with Crippen LogP contribution < -0.4 is 10.5 Å². The number of rotatable bonds is 6. The number of nitrogens with one attached hydrogen (secondary N) is 1. The molecule has 0 unspecified atom stereocenters. The average molecular weight is 388 g/mol. The molecule has 1 N–H and O–H groups in total. The summed E-state index contributed by atoms with van der Waals surface area (Å²) < 4.78 is 1.31. The first-order chi connectivity index (χ1) is 12.9. The van der Waals surface area contributed by atoms with Crippen LogP contribution >= 0.6 is 11.6 Å². The number of carbonyl (C=O) groups is 1. The van der Waals surface area contributed by atoms with Gasteiger partial charge in [0.15, 0.2) is 0 Å². The monoisotopic (exact) mass is 387 g/mol. The Morgan fingerprint density at radius 3 is 2.59 bits per heavy atom. The van der Waals surface area contributed by atoms with Gasteiger partial charge in [0.25, 0.3) is 11.3 Å². The summed E-state index contributed by atoms with van der Waals surface area (Å²) in [5, 5.41) is 3.56. The fourth-order valence-corrected chi connectivity index (χ4v) is 3.04. The van der Waals surface area contributed by atoms with Crippen LogP contribution in [0, 0.1) is 6.92 Å². The summed E-state index contributed by atoms with van der Waals surface area (Å²) in [6, 6.07) is 7.23. The highest BCUT2D eigenvalue weighted by Crippen LogP contribution is 2.16. The second kappa shape index (κ2) is 7.92. The number of carbonyl (C=O) groups excluding carboxylic acids is 1. The number of aromatic nitrogens is 4. The fraction of sp³-hybridized carbons (Fsp3) is 0.368. The molecule has 0 atom stereocenters. The van der Waals surface area contributed by atoms with Gasteiger partial charge in [-0.2, -0.15) is 9.50 Å². The van der Waals surface area contributed by atoms with Crippen molar-refractivity contribution in [1.82, 2.24) is 19.6 Å². The van der Waals surface area contributed by atoms with Crippen LogP contribution in [-0.2, 0) is 17.8 Å². The quantitative estimate of drug-likeness (QED) is 0.703. The minimum absolute atomic E-state index is 0.167. The van der Waals surface area contributed by atoms with Gasteiger partial charge in [-0.25, -0.2) is 4.98 Å². The van der Waals surface area contributed by atoms with E-state index in [4.69, 9.17) is 11.6 Å². The number of H-pyrrole nitrogens is 1. The third-order valence-electron chi connectivity index (χ3n) is 4.45. The Kier molecular flexibility index (Phi) is 5.60. The van der Waals surface area contributed by atoms with Crippen LogP contribution in [0.1, 0.15) is 43.5 Å². The van der Waals surface area contributed by atoms with E-state index in [9.17, 15) is 9.59 Å². The van der Waals surface area contributed by atoms with Crippen molar-refractivity contribution >= 4 is 29.2 Å². The third kappa shape index (κ3) is 4.03. The first-order valence-electron chi connectivity index (χ1n) is 8.91. The van der Waals surface area contributed by atoms with Gasteiger partial charge in [0.1, 0.15) is 0 Å². The van der Waals surface area contributed by atoms with Gasteiger partial charge in [-0.05, 0) is 37.5 Å². The largest absolute Gasteiger partial charge is 0.277 e. The number of aromatic amines is 1. The molecule has 8 heteroatoms. The number of hydrogen-bond acceptors (Lipinski definition) is 4. The minimum Gasteiger partial charge on any atom is -0.277 e. The molecule has 2 aromatic heterocycles. The molecule has 1 amide bonds. The summed E-state index contributed by atoms with van der Waals surface area (Å²) in [4.78, 5) is 35.2.